The minimum absolute atomic E-state index is 0.0647. The minimum Gasteiger partial charge on any atom is -0.399 e. The Morgan fingerprint density at radius 2 is 1.65 bits per heavy atom. The maximum Gasteiger partial charge on any atom is 0.240 e. The van der Waals surface area contributed by atoms with Crippen molar-refractivity contribution in [3.8, 4) is 0 Å². The summed E-state index contributed by atoms with van der Waals surface area (Å²) in [5.74, 6) is -0.512. The van der Waals surface area contributed by atoms with Gasteiger partial charge in [0.05, 0.1) is 5.71 Å². The van der Waals surface area contributed by atoms with Crippen molar-refractivity contribution in [2.24, 2.45) is 5.10 Å². The van der Waals surface area contributed by atoms with Gasteiger partial charge in [-0.1, -0.05) is 29.8 Å². The van der Waals surface area contributed by atoms with E-state index in [-0.39, 0.29) is 24.7 Å². The molecule has 0 atom stereocenters. The summed E-state index contributed by atoms with van der Waals surface area (Å²) in [6.07, 6.45) is 0.158. The van der Waals surface area contributed by atoms with Gasteiger partial charge in [0.1, 0.15) is 0 Å². The molecule has 26 heavy (non-hydrogen) atoms. The van der Waals surface area contributed by atoms with E-state index in [0.717, 1.165) is 22.4 Å². The topological polar surface area (TPSA) is 96.6 Å². The minimum atomic E-state index is -0.310. The van der Waals surface area contributed by atoms with Crippen molar-refractivity contribution in [2.75, 3.05) is 11.1 Å². The van der Waals surface area contributed by atoms with Gasteiger partial charge in [-0.05, 0) is 50.1 Å². The summed E-state index contributed by atoms with van der Waals surface area (Å²) in [5.41, 5.74) is 13.2. The van der Waals surface area contributed by atoms with Crippen molar-refractivity contribution in [1.82, 2.24) is 5.43 Å². The SMILES string of the molecule is C/C(=N/NC(=O)CCC(=O)Nc1ccc(C)cc1C)c1ccc(N)cc1. The highest BCUT2D eigenvalue weighted by Gasteiger charge is 2.08. The molecular formula is C20H24N4O2. The van der Waals surface area contributed by atoms with Gasteiger partial charge in [0.2, 0.25) is 11.8 Å². The molecule has 0 spiro atoms. The molecule has 2 rings (SSSR count). The number of nitrogen functional groups attached to an aromatic ring is 1. The number of carbonyl (C=O) groups excluding carboxylic acids is 2. The number of carbonyl (C=O) groups is 2. The fraction of sp³-hybridized carbons (Fsp3) is 0.250. The molecule has 6 heteroatoms. The lowest BCUT2D eigenvalue weighted by atomic mass is 10.1. The van der Waals surface area contributed by atoms with Crippen LogP contribution in [0.25, 0.3) is 0 Å². The molecule has 0 saturated carbocycles. The highest BCUT2D eigenvalue weighted by molar-refractivity contribution is 5.99. The number of aryl methyl sites for hydroxylation is 2. The molecule has 0 heterocycles. The Morgan fingerprint density at radius 1 is 1.00 bits per heavy atom. The van der Waals surface area contributed by atoms with Gasteiger partial charge < -0.3 is 11.1 Å². The molecule has 2 aromatic rings. The summed E-state index contributed by atoms with van der Waals surface area (Å²) < 4.78 is 0. The Kier molecular flexibility index (Phi) is 6.49. The molecule has 0 saturated heterocycles. The van der Waals surface area contributed by atoms with E-state index in [1.54, 1.807) is 19.1 Å². The number of amides is 2. The van der Waals surface area contributed by atoms with Crippen LogP contribution in [0.4, 0.5) is 11.4 Å². The zero-order chi connectivity index (χ0) is 19.1. The molecule has 4 N–H and O–H groups in total. The van der Waals surface area contributed by atoms with Gasteiger partial charge in [-0.3, -0.25) is 9.59 Å². The van der Waals surface area contributed by atoms with Gasteiger partial charge in [-0.15, -0.1) is 0 Å². The van der Waals surface area contributed by atoms with Crippen LogP contribution in [0.5, 0.6) is 0 Å². The monoisotopic (exact) mass is 352 g/mol. The summed E-state index contributed by atoms with van der Waals surface area (Å²) >= 11 is 0. The summed E-state index contributed by atoms with van der Waals surface area (Å²) in [7, 11) is 0. The third-order valence-electron chi connectivity index (χ3n) is 3.91. The first-order valence-corrected chi connectivity index (χ1v) is 8.41. The lowest BCUT2D eigenvalue weighted by molar-refractivity contribution is -0.124. The van der Waals surface area contributed by atoms with E-state index >= 15 is 0 Å². The van der Waals surface area contributed by atoms with Crippen LogP contribution >= 0.6 is 0 Å². The Labute approximate surface area is 153 Å². The molecular weight excluding hydrogens is 328 g/mol. The average molecular weight is 352 g/mol. The van der Waals surface area contributed by atoms with E-state index in [1.165, 1.54) is 0 Å². The van der Waals surface area contributed by atoms with E-state index < -0.39 is 0 Å². The number of hydrogen-bond donors (Lipinski definition) is 3. The second kappa shape index (κ2) is 8.80. The largest absolute Gasteiger partial charge is 0.399 e. The van der Waals surface area contributed by atoms with Gasteiger partial charge in [0, 0.05) is 24.2 Å². The first-order chi connectivity index (χ1) is 12.3. The highest BCUT2D eigenvalue weighted by atomic mass is 16.2. The van der Waals surface area contributed by atoms with Crippen LogP contribution in [-0.4, -0.2) is 17.5 Å². The van der Waals surface area contributed by atoms with E-state index in [4.69, 9.17) is 5.73 Å². The number of nitrogens with one attached hydrogen (secondary N) is 2. The van der Waals surface area contributed by atoms with Crippen molar-refractivity contribution in [1.29, 1.82) is 0 Å². The standard InChI is InChI=1S/C20H24N4O2/c1-13-4-9-18(14(2)12-13)22-19(25)10-11-20(26)24-23-15(3)16-5-7-17(21)8-6-16/h4-9,12H,10-11,21H2,1-3H3,(H,22,25)(H,24,26)/b23-15-. The van der Waals surface area contributed by atoms with E-state index in [2.05, 4.69) is 15.8 Å². The third-order valence-corrected chi connectivity index (χ3v) is 3.91. The second-order valence-corrected chi connectivity index (χ2v) is 6.22. The van der Waals surface area contributed by atoms with E-state index in [0.29, 0.717) is 11.4 Å². The lowest BCUT2D eigenvalue weighted by Crippen LogP contribution is -2.22. The second-order valence-electron chi connectivity index (χ2n) is 6.22. The van der Waals surface area contributed by atoms with Crippen LogP contribution in [0, 0.1) is 13.8 Å². The molecule has 0 bridgehead atoms. The third kappa shape index (κ3) is 5.73. The molecule has 0 aliphatic rings. The molecule has 2 aromatic carbocycles. The number of benzene rings is 2. The first-order valence-electron chi connectivity index (χ1n) is 8.41. The summed E-state index contributed by atoms with van der Waals surface area (Å²) in [6.45, 7) is 5.72. The summed E-state index contributed by atoms with van der Waals surface area (Å²) in [5, 5.41) is 6.88. The Morgan fingerprint density at radius 3 is 2.31 bits per heavy atom. The van der Waals surface area contributed by atoms with Gasteiger partial charge in [-0.25, -0.2) is 5.43 Å². The van der Waals surface area contributed by atoms with Crippen LogP contribution in [0.1, 0.15) is 36.5 Å². The van der Waals surface area contributed by atoms with Gasteiger partial charge in [0.15, 0.2) is 0 Å². The summed E-state index contributed by atoms with van der Waals surface area (Å²) in [6, 6.07) is 13.0. The quantitative estimate of drug-likeness (QED) is 0.423. The molecule has 0 fully saturated rings. The predicted molar refractivity (Wildman–Crippen MR) is 105 cm³/mol. The zero-order valence-corrected chi connectivity index (χ0v) is 15.3. The Balaban J connectivity index is 1.81. The van der Waals surface area contributed by atoms with E-state index in [1.807, 2.05) is 44.2 Å². The number of rotatable bonds is 6. The van der Waals surface area contributed by atoms with Crippen molar-refractivity contribution < 1.29 is 9.59 Å². The Bertz CT molecular complexity index is 826. The van der Waals surface area contributed by atoms with Crippen LogP contribution < -0.4 is 16.5 Å². The number of hydrogen-bond acceptors (Lipinski definition) is 4. The van der Waals surface area contributed by atoms with Crippen LogP contribution in [0.2, 0.25) is 0 Å². The fourth-order valence-corrected chi connectivity index (χ4v) is 2.38. The number of anilines is 2. The molecule has 0 aliphatic carbocycles. The highest BCUT2D eigenvalue weighted by Crippen LogP contribution is 2.16. The molecule has 136 valence electrons. The fourth-order valence-electron chi connectivity index (χ4n) is 2.38. The van der Waals surface area contributed by atoms with Crippen molar-refractivity contribution in [2.45, 2.75) is 33.6 Å². The summed E-state index contributed by atoms with van der Waals surface area (Å²) in [4.78, 5) is 23.9. The van der Waals surface area contributed by atoms with Crippen LogP contribution in [0.3, 0.4) is 0 Å². The van der Waals surface area contributed by atoms with Gasteiger partial charge >= 0.3 is 0 Å². The molecule has 2 amide bonds. The molecule has 0 aliphatic heterocycles. The Hall–Kier alpha value is -3.15. The van der Waals surface area contributed by atoms with Crippen LogP contribution in [0.15, 0.2) is 47.6 Å². The van der Waals surface area contributed by atoms with Crippen LogP contribution in [-0.2, 0) is 9.59 Å². The number of nitrogens with two attached hydrogens (primary N) is 1. The zero-order valence-electron chi connectivity index (χ0n) is 15.3. The smallest absolute Gasteiger partial charge is 0.240 e. The maximum absolute atomic E-state index is 12.0. The van der Waals surface area contributed by atoms with E-state index in [9.17, 15) is 9.59 Å². The van der Waals surface area contributed by atoms with Crippen molar-refractivity contribution in [3.63, 3.8) is 0 Å². The molecule has 6 nitrogen and oxygen atoms in total. The molecule has 0 unspecified atom stereocenters. The van der Waals surface area contributed by atoms with Crippen molar-refractivity contribution in [3.05, 3.63) is 59.2 Å². The van der Waals surface area contributed by atoms with Gasteiger partial charge in [-0.2, -0.15) is 5.10 Å². The van der Waals surface area contributed by atoms with Gasteiger partial charge in [0.25, 0.3) is 0 Å². The molecule has 0 radical (unpaired) electrons. The predicted octanol–water partition coefficient (Wildman–Crippen LogP) is 3.14. The number of nitrogens with zero attached hydrogens (tertiary/aromatic N) is 1. The normalized spacial score (nSPS) is 11.1. The van der Waals surface area contributed by atoms with Crippen molar-refractivity contribution >= 4 is 28.9 Å². The maximum atomic E-state index is 12.0. The lowest BCUT2D eigenvalue weighted by Gasteiger charge is -2.09. The molecule has 0 aromatic heterocycles. The first kappa shape index (κ1) is 19.2. The average Bonchev–Trinajstić information content (AvgIpc) is 2.61. The number of hydrazone groups is 1.